The Morgan fingerprint density at radius 2 is 2.00 bits per heavy atom. The van der Waals surface area contributed by atoms with Crippen molar-refractivity contribution in [1.29, 1.82) is 5.26 Å². The molecule has 1 heterocycles. The molecule has 1 rings (SSSR count). The Morgan fingerprint density at radius 3 is 2.44 bits per heavy atom. The first-order valence-corrected chi connectivity index (χ1v) is 7.41. The van der Waals surface area contributed by atoms with Gasteiger partial charge in [-0.15, -0.1) is 0 Å². The molecule has 0 aliphatic carbocycles. The van der Waals surface area contributed by atoms with Gasteiger partial charge < -0.3 is 4.90 Å². The fourth-order valence-electron chi connectivity index (χ4n) is 3.00. The van der Waals surface area contributed by atoms with E-state index in [2.05, 4.69) is 37.1 Å². The molecule has 0 aromatic heterocycles. The summed E-state index contributed by atoms with van der Waals surface area (Å²) < 4.78 is 0. The molecule has 0 radical (unpaired) electrons. The van der Waals surface area contributed by atoms with Gasteiger partial charge in [-0.05, 0) is 51.1 Å². The van der Waals surface area contributed by atoms with Crippen molar-refractivity contribution in [2.45, 2.75) is 58.9 Å². The van der Waals surface area contributed by atoms with E-state index >= 15 is 0 Å². The lowest BCUT2D eigenvalue weighted by molar-refractivity contribution is 0.227. The Labute approximate surface area is 113 Å². The van der Waals surface area contributed by atoms with Crippen LogP contribution in [0, 0.1) is 16.7 Å². The Bertz CT molecular complexity index is 291. The van der Waals surface area contributed by atoms with Crippen LogP contribution in [-0.4, -0.2) is 36.6 Å². The van der Waals surface area contributed by atoms with Gasteiger partial charge in [-0.3, -0.25) is 5.32 Å². The molecule has 1 aliphatic heterocycles. The van der Waals surface area contributed by atoms with E-state index < -0.39 is 0 Å². The van der Waals surface area contributed by atoms with Crippen molar-refractivity contribution in [3.8, 4) is 6.07 Å². The minimum Gasteiger partial charge on any atom is -0.303 e. The Morgan fingerprint density at radius 1 is 1.33 bits per heavy atom. The molecule has 0 spiro atoms. The number of nitrogens with one attached hydrogen (secondary N) is 1. The van der Waals surface area contributed by atoms with E-state index in [1.54, 1.807) is 0 Å². The molecule has 0 saturated carbocycles. The summed E-state index contributed by atoms with van der Waals surface area (Å²) in [4.78, 5) is 2.54. The smallest absolute Gasteiger partial charge is 0.105 e. The minimum absolute atomic E-state index is 0.363. The molecule has 104 valence electrons. The summed E-state index contributed by atoms with van der Waals surface area (Å²) in [5.74, 6) is 0. The van der Waals surface area contributed by atoms with Crippen molar-refractivity contribution >= 4 is 0 Å². The second kappa shape index (κ2) is 6.54. The average Bonchev–Trinajstić information content (AvgIpc) is 2.81. The largest absolute Gasteiger partial charge is 0.303 e. The van der Waals surface area contributed by atoms with Gasteiger partial charge in [0.05, 0.1) is 6.07 Å². The van der Waals surface area contributed by atoms with Gasteiger partial charge in [-0.1, -0.05) is 20.8 Å². The average molecular weight is 251 g/mol. The van der Waals surface area contributed by atoms with E-state index in [1.165, 1.54) is 32.4 Å². The molecular formula is C15H29N3. The first-order chi connectivity index (χ1) is 8.53. The Kier molecular flexibility index (Phi) is 5.62. The van der Waals surface area contributed by atoms with Crippen molar-refractivity contribution < 1.29 is 0 Å². The van der Waals surface area contributed by atoms with Gasteiger partial charge in [0.25, 0.3) is 0 Å². The van der Waals surface area contributed by atoms with Crippen molar-refractivity contribution in [3.63, 3.8) is 0 Å². The van der Waals surface area contributed by atoms with Gasteiger partial charge in [-0.25, -0.2) is 0 Å². The number of nitrogens with zero attached hydrogens (tertiary/aromatic N) is 2. The molecule has 1 atom stereocenters. The molecule has 18 heavy (non-hydrogen) atoms. The summed E-state index contributed by atoms with van der Waals surface area (Å²) in [7, 11) is 0. The van der Waals surface area contributed by atoms with E-state index in [4.69, 9.17) is 0 Å². The zero-order valence-corrected chi connectivity index (χ0v) is 12.6. The van der Waals surface area contributed by atoms with Crippen LogP contribution in [0.25, 0.3) is 0 Å². The van der Waals surface area contributed by atoms with E-state index in [0.29, 0.717) is 5.41 Å². The summed E-state index contributed by atoms with van der Waals surface area (Å²) >= 11 is 0. The molecule has 1 N–H and O–H groups in total. The molecule has 1 fully saturated rings. The molecular weight excluding hydrogens is 222 g/mol. The summed E-state index contributed by atoms with van der Waals surface area (Å²) in [6, 6.07) is 2.41. The van der Waals surface area contributed by atoms with Crippen molar-refractivity contribution in [3.05, 3.63) is 0 Å². The summed E-state index contributed by atoms with van der Waals surface area (Å²) in [6.45, 7) is 13.0. The van der Waals surface area contributed by atoms with E-state index in [9.17, 15) is 5.26 Å². The third kappa shape index (κ3) is 3.70. The fourth-order valence-corrected chi connectivity index (χ4v) is 3.00. The number of rotatable bonds is 7. The SMILES string of the molecule is CCNC(C)(C#N)CCN1CCC(CC)(CC)C1. The van der Waals surface area contributed by atoms with Crippen LogP contribution in [0.5, 0.6) is 0 Å². The molecule has 0 aromatic rings. The lowest BCUT2D eigenvalue weighted by atomic mass is 9.82. The van der Waals surface area contributed by atoms with Crippen molar-refractivity contribution in [1.82, 2.24) is 10.2 Å². The second-order valence-corrected chi connectivity index (χ2v) is 5.96. The number of likely N-dealkylation sites (tertiary alicyclic amines) is 1. The molecule has 1 unspecified atom stereocenters. The zero-order valence-electron chi connectivity index (χ0n) is 12.6. The third-order valence-corrected chi connectivity index (χ3v) is 4.76. The highest BCUT2D eigenvalue weighted by molar-refractivity contribution is 5.04. The normalized spacial score (nSPS) is 22.6. The van der Waals surface area contributed by atoms with E-state index in [0.717, 1.165) is 19.5 Å². The highest BCUT2D eigenvalue weighted by Crippen LogP contribution is 2.37. The zero-order chi connectivity index (χ0) is 13.6. The predicted octanol–water partition coefficient (Wildman–Crippen LogP) is 2.78. The van der Waals surface area contributed by atoms with Crippen LogP contribution >= 0.6 is 0 Å². The number of nitriles is 1. The Balaban J connectivity index is 2.44. The standard InChI is InChI=1S/C15H29N3/c1-5-15(6-2)9-11-18(13-15)10-8-14(4,12-16)17-7-3/h17H,5-11,13H2,1-4H3. The monoisotopic (exact) mass is 251 g/mol. The van der Waals surface area contributed by atoms with E-state index in [1.807, 2.05) is 6.92 Å². The number of hydrogen-bond acceptors (Lipinski definition) is 3. The highest BCUT2D eigenvalue weighted by atomic mass is 15.2. The van der Waals surface area contributed by atoms with Crippen LogP contribution in [0.2, 0.25) is 0 Å². The molecule has 1 aliphatic rings. The van der Waals surface area contributed by atoms with Crippen LogP contribution in [-0.2, 0) is 0 Å². The lowest BCUT2D eigenvalue weighted by Gasteiger charge is -2.28. The summed E-state index contributed by atoms with van der Waals surface area (Å²) in [5, 5.41) is 12.5. The maximum absolute atomic E-state index is 9.25. The molecule has 0 aromatic carbocycles. The van der Waals surface area contributed by atoms with Crippen LogP contribution in [0.15, 0.2) is 0 Å². The van der Waals surface area contributed by atoms with Gasteiger partial charge in [0.15, 0.2) is 0 Å². The predicted molar refractivity (Wildman–Crippen MR) is 76.4 cm³/mol. The molecule has 1 saturated heterocycles. The van der Waals surface area contributed by atoms with E-state index in [-0.39, 0.29) is 5.54 Å². The molecule has 0 amide bonds. The van der Waals surface area contributed by atoms with Gasteiger partial charge in [-0.2, -0.15) is 5.26 Å². The van der Waals surface area contributed by atoms with Crippen LogP contribution < -0.4 is 5.32 Å². The van der Waals surface area contributed by atoms with Gasteiger partial charge in [0, 0.05) is 13.1 Å². The van der Waals surface area contributed by atoms with Crippen LogP contribution in [0.1, 0.15) is 53.4 Å². The summed E-state index contributed by atoms with van der Waals surface area (Å²) in [6.07, 6.45) is 4.80. The number of hydrogen-bond donors (Lipinski definition) is 1. The second-order valence-electron chi connectivity index (χ2n) is 5.96. The fraction of sp³-hybridized carbons (Fsp3) is 0.933. The molecule has 3 heteroatoms. The highest BCUT2D eigenvalue weighted by Gasteiger charge is 2.35. The lowest BCUT2D eigenvalue weighted by Crippen LogP contribution is -2.43. The maximum Gasteiger partial charge on any atom is 0.105 e. The first-order valence-electron chi connectivity index (χ1n) is 7.41. The summed E-state index contributed by atoms with van der Waals surface area (Å²) in [5.41, 5.74) is 0.180. The van der Waals surface area contributed by atoms with Gasteiger partial charge in [0.2, 0.25) is 0 Å². The third-order valence-electron chi connectivity index (χ3n) is 4.76. The van der Waals surface area contributed by atoms with Crippen molar-refractivity contribution in [2.24, 2.45) is 5.41 Å². The topological polar surface area (TPSA) is 39.1 Å². The minimum atomic E-state index is -0.363. The van der Waals surface area contributed by atoms with Crippen molar-refractivity contribution in [2.75, 3.05) is 26.2 Å². The molecule has 3 nitrogen and oxygen atoms in total. The molecule has 0 bridgehead atoms. The first kappa shape index (κ1) is 15.5. The quantitative estimate of drug-likeness (QED) is 0.756. The van der Waals surface area contributed by atoms with Gasteiger partial charge in [0.1, 0.15) is 5.54 Å². The maximum atomic E-state index is 9.25. The van der Waals surface area contributed by atoms with Crippen LogP contribution in [0.4, 0.5) is 0 Å². The van der Waals surface area contributed by atoms with Crippen LogP contribution in [0.3, 0.4) is 0 Å². The van der Waals surface area contributed by atoms with Gasteiger partial charge >= 0.3 is 0 Å². The Hall–Kier alpha value is -0.590.